The summed E-state index contributed by atoms with van der Waals surface area (Å²) in [6, 6.07) is 0. The first-order valence-electron chi connectivity index (χ1n) is 5.29. The topological polar surface area (TPSA) is 83.3 Å². The first-order chi connectivity index (χ1) is 7.84. The molecule has 0 aliphatic carbocycles. The van der Waals surface area contributed by atoms with E-state index in [-0.39, 0.29) is 5.91 Å². The molecule has 2 heterocycles. The van der Waals surface area contributed by atoms with Gasteiger partial charge in [-0.05, 0) is 0 Å². The molecular formula is C9H15N5O2. The molecule has 88 valence electrons. The van der Waals surface area contributed by atoms with Crippen LogP contribution in [0.1, 0.15) is 5.82 Å². The Morgan fingerprint density at radius 1 is 1.56 bits per heavy atom. The van der Waals surface area contributed by atoms with E-state index >= 15 is 0 Å². The number of hydrogen-bond donors (Lipinski definition) is 2. The Balaban J connectivity index is 1.67. The van der Waals surface area contributed by atoms with Crippen molar-refractivity contribution in [3.63, 3.8) is 0 Å². The summed E-state index contributed by atoms with van der Waals surface area (Å²) in [5.74, 6) is 0.486. The lowest BCUT2D eigenvalue weighted by molar-refractivity contribution is -0.122. The molecule has 7 nitrogen and oxygen atoms in total. The maximum absolute atomic E-state index is 11.5. The van der Waals surface area contributed by atoms with E-state index in [1.165, 1.54) is 6.39 Å². The Morgan fingerprint density at radius 2 is 2.38 bits per heavy atom. The standard InChI is InChI=1S/C9H15N5O2/c15-9(6-14-3-1-10-2-4-14)11-5-8-12-7-16-13-8/h7,10H,1-6H2,(H,11,15). The summed E-state index contributed by atoms with van der Waals surface area (Å²) in [5.41, 5.74) is 0. The van der Waals surface area contributed by atoms with Crippen LogP contribution in [0.2, 0.25) is 0 Å². The molecule has 1 aliphatic rings. The third-order valence-corrected chi connectivity index (χ3v) is 2.43. The normalized spacial score (nSPS) is 17.2. The van der Waals surface area contributed by atoms with Crippen LogP contribution < -0.4 is 10.6 Å². The Bertz CT molecular complexity index is 321. The molecule has 1 saturated heterocycles. The molecule has 0 bridgehead atoms. The van der Waals surface area contributed by atoms with Gasteiger partial charge in [-0.15, -0.1) is 0 Å². The minimum atomic E-state index is -0.00769. The molecule has 16 heavy (non-hydrogen) atoms. The predicted octanol–water partition coefficient (Wildman–Crippen LogP) is -1.41. The number of carbonyl (C=O) groups excluding carboxylic acids is 1. The van der Waals surface area contributed by atoms with Gasteiger partial charge in [-0.2, -0.15) is 4.98 Å². The average molecular weight is 225 g/mol. The zero-order valence-electron chi connectivity index (χ0n) is 8.98. The van der Waals surface area contributed by atoms with Gasteiger partial charge in [-0.25, -0.2) is 0 Å². The summed E-state index contributed by atoms with van der Waals surface area (Å²) in [6.07, 6.45) is 1.25. The van der Waals surface area contributed by atoms with Crippen molar-refractivity contribution in [1.82, 2.24) is 25.7 Å². The summed E-state index contributed by atoms with van der Waals surface area (Å²) in [6.45, 7) is 4.46. The van der Waals surface area contributed by atoms with E-state index in [2.05, 4.69) is 30.2 Å². The molecule has 0 spiro atoms. The molecule has 0 saturated carbocycles. The van der Waals surface area contributed by atoms with Crippen molar-refractivity contribution in [1.29, 1.82) is 0 Å². The van der Waals surface area contributed by atoms with E-state index in [1.54, 1.807) is 0 Å². The summed E-state index contributed by atoms with van der Waals surface area (Å²) in [5, 5.41) is 9.59. The second kappa shape index (κ2) is 5.57. The van der Waals surface area contributed by atoms with Crippen molar-refractivity contribution in [2.24, 2.45) is 0 Å². The number of amides is 1. The lowest BCUT2D eigenvalue weighted by atomic mass is 10.3. The smallest absolute Gasteiger partial charge is 0.234 e. The van der Waals surface area contributed by atoms with Gasteiger partial charge in [0.2, 0.25) is 12.3 Å². The van der Waals surface area contributed by atoms with Crippen molar-refractivity contribution in [3.8, 4) is 0 Å². The maximum atomic E-state index is 11.5. The fourth-order valence-electron chi connectivity index (χ4n) is 1.58. The van der Waals surface area contributed by atoms with Gasteiger partial charge in [0.1, 0.15) is 0 Å². The first-order valence-corrected chi connectivity index (χ1v) is 5.29. The van der Waals surface area contributed by atoms with E-state index in [9.17, 15) is 4.79 Å². The summed E-state index contributed by atoms with van der Waals surface area (Å²) in [4.78, 5) is 17.5. The number of hydrogen-bond acceptors (Lipinski definition) is 6. The van der Waals surface area contributed by atoms with Crippen molar-refractivity contribution >= 4 is 5.91 Å². The van der Waals surface area contributed by atoms with Crippen molar-refractivity contribution in [2.45, 2.75) is 6.54 Å². The van der Waals surface area contributed by atoms with Crippen LogP contribution in [-0.4, -0.2) is 53.7 Å². The number of aromatic nitrogens is 2. The fourth-order valence-corrected chi connectivity index (χ4v) is 1.58. The van der Waals surface area contributed by atoms with E-state index < -0.39 is 0 Å². The first kappa shape index (κ1) is 11.0. The number of nitrogens with zero attached hydrogens (tertiary/aromatic N) is 3. The monoisotopic (exact) mass is 225 g/mol. The van der Waals surface area contributed by atoms with Gasteiger partial charge in [0.25, 0.3) is 0 Å². The second-order valence-corrected chi connectivity index (χ2v) is 3.65. The van der Waals surface area contributed by atoms with Crippen LogP contribution in [0.3, 0.4) is 0 Å². The molecule has 0 radical (unpaired) electrons. The molecule has 0 aromatic carbocycles. The minimum absolute atomic E-state index is 0.00769. The van der Waals surface area contributed by atoms with E-state index in [0.717, 1.165) is 26.2 Å². The Labute approximate surface area is 93.2 Å². The molecule has 0 unspecified atom stereocenters. The number of carbonyl (C=O) groups is 1. The predicted molar refractivity (Wildman–Crippen MR) is 55.5 cm³/mol. The highest BCUT2D eigenvalue weighted by Gasteiger charge is 2.13. The molecule has 7 heteroatoms. The van der Waals surface area contributed by atoms with Crippen LogP contribution in [0, 0.1) is 0 Å². The third-order valence-electron chi connectivity index (χ3n) is 2.43. The van der Waals surface area contributed by atoms with Crippen LogP contribution in [0.25, 0.3) is 0 Å². The molecule has 2 N–H and O–H groups in total. The molecule has 1 aromatic rings. The molecular weight excluding hydrogens is 210 g/mol. The van der Waals surface area contributed by atoms with Crippen LogP contribution >= 0.6 is 0 Å². The highest BCUT2D eigenvalue weighted by molar-refractivity contribution is 5.77. The summed E-state index contributed by atoms with van der Waals surface area (Å²) in [7, 11) is 0. The van der Waals surface area contributed by atoms with Gasteiger partial charge in [-0.3, -0.25) is 9.69 Å². The Kier molecular flexibility index (Phi) is 3.84. The quantitative estimate of drug-likeness (QED) is 0.655. The zero-order chi connectivity index (χ0) is 11.2. The fraction of sp³-hybridized carbons (Fsp3) is 0.667. The van der Waals surface area contributed by atoms with Gasteiger partial charge in [0.15, 0.2) is 5.82 Å². The van der Waals surface area contributed by atoms with E-state index in [1.807, 2.05) is 0 Å². The van der Waals surface area contributed by atoms with Crippen molar-refractivity contribution in [2.75, 3.05) is 32.7 Å². The van der Waals surface area contributed by atoms with Gasteiger partial charge in [0, 0.05) is 26.2 Å². The van der Waals surface area contributed by atoms with E-state index in [4.69, 9.17) is 0 Å². The molecule has 2 rings (SSSR count). The van der Waals surface area contributed by atoms with Gasteiger partial charge in [0.05, 0.1) is 13.1 Å². The van der Waals surface area contributed by atoms with Crippen LogP contribution in [-0.2, 0) is 11.3 Å². The second-order valence-electron chi connectivity index (χ2n) is 3.65. The number of piperazine rings is 1. The largest absolute Gasteiger partial charge is 0.348 e. The third kappa shape index (κ3) is 3.28. The SMILES string of the molecule is O=C(CN1CCNCC1)NCc1ncon1. The molecule has 1 amide bonds. The highest BCUT2D eigenvalue weighted by Crippen LogP contribution is 1.92. The molecule has 0 atom stereocenters. The van der Waals surface area contributed by atoms with Crippen LogP contribution in [0.4, 0.5) is 0 Å². The highest BCUT2D eigenvalue weighted by atomic mass is 16.5. The number of rotatable bonds is 4. The average Bonchev–Trinajstić information content (AvgIpc) is 2.81. The van der Waals surface area contributed by atoms with Crippen LogP contribution in [0.15, 0.2) is 10.9 Å². The number of nitrogens with one attached hydrogen (secondary N) is 2. The minimum Gasteiger partial charge on any atom is -0.348 e. The lowest BCUT2D eigenvalue weighted by Gasteiger charge is -2.26. The summed E-state index contributed by atoms with van der Waals surface area (Å²) < 4.78 is 4.57. The Morgan fingerprint density at radius 3 is 3.06 bits per heavy atom. The van der Waals surface area contributed by atoms with Gasteiger partial charge in [-0.1, -0.05) is 5.16 Å². The van der Waals surface area contributed by atoms with E-state index in [0.29, 0.717) is 18.9 Å². The van der Waals surface area contributed by atoms with Crippen molar-refractivity contribution in [3.05, 3.63) is 12.2 Å². The zero-order valence-corrected chi connectivity index (χ0v) is 8.98. The Hall–Kier alpha value is -1.47. The van der Waals surface area contributed by atoms with Gasteiger partial charge < -0.3 is 15.2 Å². The molecule has 1 aromatic heterocycles. The summed E-state index contributed by atoms with van der Waals surface area (Å²) >= 11 is 0. The maximum Gasteiger partial charge on any atom is 0.234 e. The lowest BCUT2D eigenvalue weighted by Crippen LogP contribution is -2.47. The van der Waals surface area contributed by atoms with Crippen LogP contribution in [0.5, 0.6) is 0 Å². The van der Waals surface area contributed by atoms with Crippen molar-refractivity contribution < 1.29 is 9.32 Å². The molecule has 1 fully saturated rings. The molecule has 1 aliphatic heterocycles. The van der Waals surface area contributed by atoms with Gasteiger partial charge >= 0.3 is 0 Å².